The molecule has 0 fully saturated rings. The third kappa shape index (κ3) is 6.19. The van der Waals surface area contributed by atoms with E-state index in [-0.39, 0.29) is 11.0 Å². The molecule has 1 amide bonds. The van der Waals surface area contributed by atoms with E-state index in [4.69, 9.17) is 10.5 Å². The van der Waals surface area contributed by atoms with E-state index in [0.717, 1.165) is 16.9 Å². The Morgan fingerprint density at radius 3 is 2.65 bits per heavy atom. The minimum Gasteiger partial charge on any atom is -0.489 e. The summed E-state index contributed by atoms with van der Waals surface area (Å²) in [6, 6.07) is 17.4. The number of hydrogen-bond acceptors (Lipinski definition) is 3. The molecule has 0 bridgehead atoms. The summed E-state index contributed by atoms with van der Waals surface area (Å²) in [7, 11) is 0. The molecular weight excluding hydrogens is 310 g/mol. The molecule has 0 atom stereocenters. The van der Waals surface area contributed by atoms with Crippen molar-refractivity contribution >= 4 is 29.3 Å². The molecule has 5 nitrogen and oxygen atoms in total. The van der Waals surface area contributed by atoms with Crippen molar-refractivity contribution in [1.29, 1.82) is 0 Å². The Morgan fingerprint density at radius 2 is 1.91 bits per heavy atom. The maximum absolute atomic E-state index is 11.5. The summed E-state index contributed by atoms with van der Waals surface area (Å²) in [6.45, 7) is 0.492. The summed E-state index contributed by atoms with van der Waals surface area (Å²) in [5, 5.41) is 0.00283. The van der Waals surface area contributed by atoms with Gasteiger partial charge in [0.25, 0.3) is 5.91 Å². The smallest absolute Gasteiger partial charge is 0.262 e. The lowest BCUT2D eigenvalue weighted by Crippen LogP contribution is -2.43. The highest BCUT2D eigenvalue weighted by Crippen LogP contribution is 2.16. The Kier molecular flexibility index (Phi) is 6.14. The molecule has 0 aliphatic carbocycles. The lowest BCUT2D eigenvalue weighted by atomic mass is 10.2. The Balaban J connectivity index is 1.91. The van der Waals surface area contributed by atoms with Crippen molar-refractivity contribution in [3.63, 3.8) is 0 Å². The van der Waals surface area contributed by atoms with Gasteiger partial charge in [0.2, 0.25) is 0 Å². The zero-order chi connectivity index (χ0) is 16.5. The highest BCUT2D eigenvalue weighted by atomic mass is 32.1. The summed E-state index contributed by atoms with van der Waals surface area (Å²) >= 11 is 4.59. The van der Waals surface area contributed by atoms with Gasteiger partial charge in [-0.15, -0.1) is 0 Å². The molecule has 4 N–H and O–H groups in total. The van der Waals surface area contributed by atoms with Crippen molar-refractivity contribution in [3.8, 4) is 5.75 Å². The van der Waals surface area contributed by atoms with E-state index in [9.17, 15) is 4.79 Å². The maximum atomic E-state index is 11.5. The second kappa shape index (κ2) is 8.55. The summed E-state index contributed by atoms with van der Waals surface area (Å²) in [5.74, 6) is 0.381. The van der Waals surface area contributed by atoms with Crippen molar-refractivity contribution in [1.82, 2.24) is 10.9 Å². The quantitative estimate of drug-likeness (QED) is 0.446. The Morgan fingerprint density at radius 1 is 1.13 bits per heavy atom. The first-order valence-electron chi connectivity index (χ1n) is 6.94. The molecule has 0 aliphatic heterocycles. The van der Waals surface area contributed by atoms with Gasteiger partial charge >= 0.3 is 0 Å². The van der Waals surface area contributed by atoms with Crippen molar-refractivity contribution in [2.24, 2.45) is 5.73 Å². The fraction of sp³-hybridized carbons (Fsp3) is 0.0588. The largest absolute Gasteiger partial charge is 0.489 e. The molecule has 6 heteroatoms. The summed E-state index contributed by atoms with van der Waals surface area (Å²) in [5.41, 5.74) is 11.9. The van der Waals surface area contributed by atoms with Crippen LogP contribution in [0.5, 0.6) is 5.75 Å². The fourth-order valence-corrected chi connectivity index (χ4v) is 1.84. The van der Waals surface area contributed by atoms with E-state index >= 15 is 0 Å². The van der Waals surface area contributed by atoms with Gasteiger partial charge in [-0.05, 0) is 41.6 Å². The van der Waals surface area contributed by atoms with E-state index in [1.165, 1.54) is 6.08 Å². The highest BCUT2D eigenvalue weighted by Gasteiger charge is 1.98. The first-order chi connectivity index (χ1) is 11.1. The number of hydrazine groups is 1. The van der Waals surface area contributed by atoms with Crippen LogP contribution in [0.3, 0.4) is 0 Å². The first-order valence-corrected chi connectivity index (χ1v) is 7.34. The van der Waals surface area contributed by atoms with Crippen LogP contribution in [0.4, 0.5) is 0 Å². The molecule has 0 saturated carbocycles. The minimum absolute atomic E-state index is 0.00283. The topological polar surface area (TPSA) is 76.4 Å². The fourth-order valence-electron chi connectivity index (χ4n) is 1.79. The number of nitrogens with two attached hydrogens (primary N) is 1. The van der Waals surface area contributed by atoms with Crippen LogP contribution < -0.4 is 21.3 Å². The van der Waals surface area contributed by atoms with Crippen LogP contribution in [0.1, 0.15) is 11.1 Å². The van der Waals surface area contributed by atoms with Crippen molar-refractivity contribution in [2.75, 3.05) is 0 Å². The third-order valence-electron chi connectivity index (χ3n) is 2.84. The zero-order valence-electron chi connectivity index (χ0n) is 12.4. The van der Waals surface area contributed by atoms with Gasteiger partial charge in [0.1, 0.15) is 12.4 Å². The van der Waals surface area contributed by atoms with E-state index in [1.807, 2.05) is 54.6 Å². The number of carbonyl (C=O) groups is 1. The third-order valence-corrected chi connectivity index (χ3v) is 2.94. The SMILES string of the molecule is NC(=S)NNC(=O)/C=C/c1cccc(OCc2ccccc2)c1. The molecule has 0 aromatic heterocycles. The number of rotatable bonds is 5. The molecule has 118 valence electrons. The van der Waals surface area contributed by atoms with Gasteiger partial charge < -0.3 is 10.5 Å². The van der Waals surface area contributed by atoms with E-state index < -0.39 is 0 Å². The van der Waals surface area contributed by atoms with Crippen molar-refractivity contribution in [2.45, 2.75) is 6.61 Å². The number of carbonyl (C=O) groups excluding carboxylic acids is 1. The number of ether oxygens (including phenoxy) is 1. The zero-order valence-corrected chi connectivity index (χ0v) is 13.2. The number of hydrogen-bond donors (Lipinski definition) is 3. The summed E-state index contributed by atoms with van der Waals surface area (Å²) in [4.78, 5) is 11.5. The Bertz CT molecular complexity index is 702. The van der Waals surface area contributed by atoms with Crippen LogP contribution >= 0.6 is 12.2 Å². The monoisotopic (exact) mass is 327 g/mol. The van der Waals surface area contributed by atoms with Crippen LogP contribution in [0.15, 0.2) is 60.7 Å². The second-order valence-electron chi connectivity index (χ2n) is 4.66. The summed E-state index contributed by atoms with van der Waals surface area (Å²) < 4.78 is 5.74. The van der Waals surface area contributed by atoms with E-state index in [1.54, 1.807) is 6.08 Å². The lowest BCUT2D eigenvalue weighted by molar-refractivity contribution is -0.116. The Hall–Kier alpha value is -2.86. The van der Waals surface area contributed by atoms with Gasteiger partial charge in [0.05, 0.1) is 0 Å². The second-order valence-corrected chi connectivity index (χ2v) is 5.10. The first kappa shape index (κ1) is 16.5. The average Bonchev–Trinajstić information content (AvgIpc) is 2.57. The van der Waals surface area contributed by atoms with Crippen LogP contribution in [0.2, 0.25) is 0 Å². The molecule has 0 aliphatic rings. The molecular formula is C17H17N3O2S. The molecule has 0 unspecified atom stereocenters. The summed E-state index contributed by atoms with van der Waals surface area (Å²) in [6.07, 6.45) is 3.05. The van der Waals surface area contributed by atoms with Crippen LogP contribution in [-0.4, -0.2) is 11.0 Å². The van der Waals surface area contributed by atoms with Gasteiger partial charge in [-0.25, -0.2) is 0 Å². The molecule has 0 heterocycles. The molecule has 23 heavy (non-hydrogen) atoms. The highest BCUT2D eigenvalue weighted by molar-refractivity contribution is 7.80. The van der Waals surface area contributed by atoms with E-state index in [0.29, 0.717) is 6.61 Å². The maximum Gasteiger partial charge on any atom is 0.262 e. The van der Waals surface area contributed by atoms with Crippen LogP contribution in [0, 0.1) is 0 Å². The van der Waals surface area contributed by atoms with E-state index in [2.05, 4.69) is 23.1 Å². The number of amides is 1. The molecule has 2 aromatic rings. The average molecular weight is 327 g/mol. The molecule has 0 saturated heterocycles. The van der Waals surface area contributed by atoms with Gasteiger partial charge in [-0.2, -0.15) is 0 Å². The van der Waals surface area contributed by atoms with Gasteiger partial charge in [0, 0.05) is 6.08 Å². The Labute approximate surface area is 140 Å². The predicted octanol–water partition coefficient (Wildman–Crippen LogP) is 2.14. The van der Waals surface area contributed by atoms with Crippen LogP contribution in [0.25, 0.3) is 6.08 Å². The standard InChI is InChI=1S/C17H17N3O2S/c18-17(23)20-19-16(21)10-9-13-7-4-8-15(11-13)22-12-14-5-2-1-3-6-14/h1-11H,12H2,(H,19,21)(H3,18,20,23)/b10-9+. The minimum atomic E-state index is -0.353. The van der Waals surface area contributed by atoms with Crippen molar-refractivity contribution < 1.29 is 9.53 Å². The normalized spacial score (nSPS) is 10.3. The van der Waals surface area contributed by atoms with Crippen molar-refractivity contribution in [3.05, 3.63) is 71.8 Å². The van der Waals surface area contributed by atoms with Gasteiger partial charge in [-0.3, -0.25) is 15.6 Å². The molecule has 0 radical (unpaired) electrons. The molecule has 2 rings (SSSR count). The van der Waals surface area contributed by atoms with Crippen LogP contribution in [-0.2, 0) is 11.4 Å². The number of benzene rings is 2. The molecule has 2 aromatic carbocycles. The van der Waals surface area contributed by atoms with Gasteiger partial charge in [-0.1, -0.05) is 42.5 Å². The number of nitrogens with one attached hydrogen (secondary N) is 2. The number of thiocarbonyl (C=S) groups is 1. The van der Waals surface area contributed by atoms with Gasteiger partial charge in [0.15, 0.2) is 5.11 Å². The predicted molar refractivity (Wildman–Crippen MR) is 94.3 cm³/mol. The lowest BCUT2D eigenvalue weighted by Gasteiger charge is -2.07. The molecule has 0 spiro atoms.